The van der Waals surface area contributed by atoms with Crippen molar-refractivity contribution in [1.82, 2.24) is 0 Å². The van der Waals surface area contributed by atoms with Crippen LogP contribution in [-0.2, 0) is 19.1 Å². The van der Waals surface area contributed by atoms with Gasteiger partial charge in [0, 0.05) is 18.0 Å². The maximum absolute atomic E-state index is 12.4. The highest BCUT2D eigenvalue weighted by atomic mass is 16.7. The molecule has 1 saturated heterocycles. The lowest BCUT2D eigenvalue weighted by Gasteiger charge is -2.29. The number of esters is 1. The van der Waals surface area contributed by atoms with Crippen molar-refractivity contribution < 1.29 is 28.5 Å². The molecule has 1 N–H and O–H groups in total. The van der Waals surface area contributed by atoms with Crippen LogP contribution < -0.4 is 14.8 Å². The van der Waals surface area contributed by atoms with Gasteiger partial charge in [0.05, 0.1) is 13.7 Å². The van der Waals surface area contributed by atoms with Crippen molar-refractivity contribution in [1.29, 1.82) is 0 Å². The van der Waals surface area contributed by atoms with Gasteiger partial charge in [0.25, 0.3) is 0 Å². The molecule has 48 heavy (non-hydrogen) atoms. The summed E-state index contributed by atoms with van der Waals surface area (Å²) in [6.45, 7) is 16.7. The fraction of sp³-hybridized carbons (Fsp3) is 0.512. The maximum atomic E-state index is 12.4. The number of rotatable bonds is 12. The Balaban J connectivity index is 0.000000298. The zero-order chi connectivity index (χ0) is 35.5. The van der Waals surface area contributed by atoms with E-state index in [2.05, 4.69) is 75.5 Å². The van der Waals surface area contributed by atoms with E-state index in [9.17, 15) is 9.59 Å². The van der Waals surface area contributed by atoms with E-state index in [0.717, 1.165) is 25.0 Å². The van der Waals surface area contributed by atoms with Crippen LogP contribution in [0.5, 0.6) is 11.5 Å². The van der Waals surface area contributed by atoms with Crippen LogP contribution in [0.2, 0.25) is 0 Å². The van der Waals surface area contributed by atoms with Crippen LogP contribution in [-0.4, -0.2) is 37.5 Å². The van der Waals surface area contributed by atoms with Crippen LogP contribution in [0.15, 0.2) is 78.9 Å². The van der Waals surface area contributed by atoms with Crippen molar-refractivity contribution in [2.45, 2.75) is 118 Å². The minimum absolute atomic E-state index is 0.0162. The molecular formula is C41H59NO6. The molecule has 4 atom stereocenters. The quantitative estimate of drug-likeness (QED) is 0.195. The fourth-order valence-electron chi connectivity index (χ4n) is 4.64. The summed E-state index contributed by atoms with van der Waals surface area (Å²) in [6.07, 6.45) is 5.41. The van der Waals surface area contributed by atoms with E-state index in [0.29, 0.717) is 36.3 Å². The minimum atomic E-state index is -1.14. The summed E-state index contributed by atoms with van der Waals surface area (Å²) in [7, 11) is 1.69. The summed E-state index contributed by atoms with van der Waals surface area (Å²) in [5.41, 5.74) is 2.39. The molecule has 1 heterocycles. The number of methoxy groups -OCH3 is 1. The van der Waals surface area contributed by atoms with Gasteiger partial charge in [-0.2, -0.15) is 0 Å². The van der Waals surface area contributed by atoms with E-state index in [4.69, 9.17) is 18.9 Å². The Hall–Kier alpha value is -3.84. The number of hydrogen-bond acceptors (Lipinski definition) is 6. The molecule has 1 amide bonds. The summed E-state index contributed by atoms with van der Waals surface area (Å²) in [5, 5.41) is 2.86. The zero-order valence-corrected chi connectivity index (χ0v) is 30.7. The van der Waals surface area contributed by atoms with Gasteiger partial charge in [-0.05, 0) is 105 Å². The summed E-state index contributed by atoms with van der Waals surface area (Å²) in [4.78, 5) is 24.3. The first kappa shape index (κ1) is 40.3. The molecule has 1 fully saturated rings. The minimum Gasteiger partial charge on any atom is -0.497 e. The van der Waals surface area contributed by atoms with E-state index < -0.39 is 17.9 Å². The molecule has 1 aliphatic rings. The molecule has 4 rings (SSSR count). The normalized spacial score (nSPS) is 16.0. The first-order valence-electron chi connectivity index (χ1n) is 17.5. The number of ether oxygens (including phenoxy) is 4. The van der Waals surface area contributed by atoms with Crippen molar-refractivity contribution in [2.75, 3.05) is 19.0 Å². The standard InChI is InChI=1S/C20H29NO5.C11H16O.C10H14/c1-5-14(2)18(22)21-15-9-11-16(12-10-15)26-20(3,4)19(23)25-17-8-6-7-13-24-17;1-4-9(2)10-5-7-11(12-3)8-6-10;1-3-9(2)10-7-5-4-6-8-10/h9-12,14,17H,5-8,13H2,1-4H3,(H,21,22);5-9H,4H2,1-3H3;4-9H,3H2,1-2H3. The number of amides is 1. The predicted octanol–water partition coefficient (Wildman–Crippen LogP) is 10.3. The number of carbonyl (C=O) groups excluding carboxylic acids is 2. The van der Waals surface area contributed by atoms with Crippen molar-refractivity contribution in [3.05, 3.63) is 90.0 Å². The molecule has 3 aromatic carbocycles. The molecule has 0 bridgehead atoms. The van der Waals surface area contributed by atoms with E-state index in [1.54, 1.807) is 45.2 Å². The molecule has 3 aromatic rings. The molecule has 7 heteroatoms. The van der Waals surface area contributed by atoms with E-state index in [-0.39, 0.29) is 11.8 Å². The van der Waals surface area contributed by atoms with Crippen LogP contribution >= 0.6 is 0 Å². The lowest BCUT2D eigenvalue weighted by Crippen LogP contribution is -2.42. The van der Waals surface area contributed by atoms with E-state index in [1.165, 1.54) is 24.0 Å². The lowest BCUT2D eigenvalue weighted by molar-refractivity contribution is -0.199. The highest BCUT2D eigenvalue weighted by molar-refractivity contribution is 5.92. The van der Waals surface area contributed by atoms with E-state index >= 15 is 0 Å². The Morgan fingerprint density at radius 1 is 0.792 bits per heavy atom. The van der Waals surface area contributed by atoms with Gasteiger partial charge < -0.3 is 24.3 Å². The maximum Gasteiger partial charge on any atom is 0.352 e. The van der Waals surface area contributed by atoms with Gasteiger partial charge in [-0.1, -0.05) is 84.0 Å². The van der Waals surface area contributed by atoms with Crippen LogP contribution in [0, 0.1) is 5.92 Å². The molecule has 0 spiro atoms. The highest BCUT2D eigenvalue weighted by Gasteiger charge is 2.34. The average Bonchev–Trinajstić information content (AvgIpc) is 3.12. The highest BCUT2D eigenvalue weighted by Crippen LogP contribution is 2.25. The molecular weight excluding hydrogens is 602 g/mol. The third-order valence-electron chi connectivity index (χ3n) is 8.70. The molecule has 0 radical (unpaired) electrons. The van der Waals surface area contributed by atoms with Crippen LogP contribution in [0.25, 0.3) is 0 Å². The Bertz CT molecular complexity index is 1320. The summed E-state index contributed by atoms with van der Waals surface area (Å²) in [5.74, 6) is 2.30. The molecule has 1 aliphatic heterocycles. The van der Waals surface area contributed by atoms with Crippen molar-refractivity contribution in [3.8, 4) is 11.5 Å². The Labute approximate surface area is 289 Å². The number of anilines is 1. The second kappa shape index (κ2) is 21.2. The van der Waals surface area contributed by atoms with Crippen LogP contribution in [0.1, 0.15) is 117 Å². The largest absolute Gasteiger partial charge is 0.497 e. The number of carbonyl (C=O) groups is 2. The monoisotopic (exact) mass is 661 g/mol. The van der Waals surface area contributed by atoms with Crippen LogP contribution in [0.3, 0.4) is 0 Å². The smallest absolute Gasteiger partial charge is 0.352 e. The first-order chi connectivity index (χ1) is 22.9. The SMILES string of the molecule is CCC(C)C(=O)Nc1ccc(OC(C)(C)C(=O)OC2CCCCO2)cc1.CCC(C)c1ccc(OC)cc1.CCC(C)c1ccccc1. The second-order valence-electron chi connectivity index (χ2n) is 12.9. The van der Waals surface area contributed by atoms with Crippen LogP contribution in [0.4, 0.5) is 5.69 Å². The van der Waals surface area contributed by atoms with Crippen molar-refractivity contribution in [2.24, 2.45) is 5.92 Å². The van der Waals surface area contributed by atoms with Crippen molar-refractivity contribution >= 4 is 17.6 Å². The lowest BCUT2D eigenvalue weighted by atomic mass is 9.99. The second-order valence-corrected chi connectivity index (χ2v) is 12.9. The fourth-order valence-corrected chi connectivity index (χ4v) is 4.64. The topological polar surface area (TPSA) is 83.1 Å². The molecule has 0 aliphatic carbocycles. The molecule has 0 saturated carbocycles. The first-order valence-corrected chi connectivity index (χ1v) is 17.5. The number of nitrogens with one attached hydrogen (secondary N) is 1. The number of hydrogen-bond donors (Lipinski definition) is 1. The Morgan fingerprint density at radius 2 is 1.35 bits per heavy atom. The number of benzene rings is 3. The van der Waals surface area contributed by atoms with Gasteiger partial charge in [-0.15, -0.1) is 0 Å². The Kier molecular flexibility index (Phi) is 17.8. The van der Waals surface area contributed by atoms with Crippen molar-refractivity contribution in [3.63, 3.8) is 0 Å². The molecule has 0 aromatic heterocycles. The zero-order valence-electron chi connectivity index (χ0n) is 30.7. The van der Waals surface area contributed by atoms with Gasteiger partial charge in [0.15, 0.2) is 5.60 Å². The third kappa shape index (κ3) is 14.1. The summed E-state index contributed by atoms with van der Waals surface area (Å²) < 4.78 is 21.7. The van der Waals surface area contributed by atoms with Gasteiger partial charge in [-0.25, -0.2) is 4.79 Å². The molecule has 264 valence electrons. The summed E-state index contributed by atoms with van der Waals surface area (Å²) >= 11 is 0. The van der Waals surface area contributed by atoms with Gasteiger partial charge >= 0.3 is 5.97 Å². The van der Waals surface area contributed by atoms with Gasteiger partial charge in [0.1, 0.15) is 11.5 Å². The third-order valence-corrected chi connectivity index (χ3v) is 8.70. The summed E-state index contributed by atoms with van der Waals surface area (Å²) in [6, 6.07) is 25.9. The predicted molar refractivity (Wildman–Crippen MR) is 196 cm³/mol. The van der Waals surface area contributed by atoms with E-state index in [1.807, 2.05) is 26.0 Å². The average molecular weight is 662 g/mol. The molecule has 7 nitrogen and oxygen atoms in total. The van der Waals surface area contributed by atoms with Gasteiger partial charge in [0.2, 0.25) is 12.2 Å². The Morgan fingerprint density at radius 3 is 1.85 bits per heavy atom. The van der Waals surface area contributed by atoms with Gasteiger partial charge in [-0.3, -0.25) is 4.79 Å². The molecule has 4 unspecified atom stereocenters.